The summed E-state index contributed by atoms with van der Waals surface area (Å²) in [5.74, 6) is -1.40. The first kappa shape index (κ1) is 25.1. The SMILES string of the molecule is C=CCOc1ccc(C(O)=C2C(=O)C(=O)N(CCN3CCOCC3)[C@H]2c2cccc([N+](=O)[O-])c2)cc1. The number of nitrogens with zero attached hydrogens (tertiary/aromatic N) is 3. The molecule has 188 valence electrons. The zero-order chi connectivity index (χ0) is 25.7. The Balaban J connectivity index is 1.73. The largest absolute Gasteiger partial charge is 0.507 e. The molecular weight excluding hydrogens is 466 g/mol. The molecule has 2 fully saturated rings. The van der Waals surface area contributed by atoms with Crippen molar-refractivity contribution >= 4 is 23.1 Å². The molecule has 1 amide bonds. The first-order valence-corrected chi connectivity index (χ1v) is 11.6. The molecule has 2 aromatic carbocycles. The number of aliphatic hydroxyl groups excluding tert-OH is 1. The minimum absolute atomic E-state index is 0.109. The van der Waals surface area contributed by atoms with Crippen LogP contribution in [-0.2, 0) is 14.3 Å². The number of Topliss-reactive ketones (excluding diaryl/α,β-unsaturated/α-hetero) is 1. The molecule has 2 aromatic rings. The predicted octanol–water partition coefficient (Wildman–Crippen LogP) is 2.91. The van der Waals surface area contributed by atoms with Gasteiger partial charge >= 0.3 is 0 Å². The summed E-state index contributed by atoms with van der Waals surface area (Å²) >= 11 is 0. The fourth-order valence-electron chi connectivity index (χ4n) is 4.36. The van der Waals surface area contributed by atoms with E-state index in [-0.39, 0.29) is 23.6 Å². The lowest BCUT2D eigenvalue weighted by Crippen LogP contribution is -2.42. The number of hydrogen-bond donors (Lipinski definition) is 1. The summed E-state index contributed by atoms with van der Waals surface area (Å²) in [5.41, 5.74) is 0.414. The van der Waals surface area contributed by atoms with Gasteiger partial charge < -0.3 is 19.5 Å². The minimum atomic E-state index is -0.970. The van der Waals surface area contributed by atoms with E-state index in [2.05, 4.69) is 11.5 Å². The number of likely N-dealkylation sites (tertiary alicyclic amines) is 1. The Hall–Kier alpha value is -4.02. The predicted molar refractivity (Wildman–Crippen MR) is 131 cm³/mol. The zero-order valence-corrected chi connectivity index (χ0v) is 19.7. The van der Waals surface area contributed by atoms with Crippen LogP contribution in [0.3, 0.4) is 0 Å². The Kier molecular flexibility index (Phi) is 7.77. The molecule has 2 aliphatic rings. The van der Waals surface area contributed by atoms with Gasteiger partial charge in [0.25, 0.3) is 17.4 Å². The Labute approximate surface area is 208 Å². The lowest BCUT2D eigenvalue weighted by Gasteiger charge is -2.31. The van der Waals surface area contributed by atoms with E-state index < -0.39 is 22.7 Å². The van der Waals surface area contributed by atoms with Crippen molar-refractivity contribution in [3.63, 3.8) is 0 Å². The van der Waals surface area contributed by atoms with Crippen molar-refractivity contribution in [3.8, 4) is 5.75 Å². The fraction of sp³-hybridized carbons (Fsp3) is 0.308. The third-order valence-electron chi connectivity index (χ3n) is 6.19. The Morgan fingerprint density at radius 2 is 1.89 bits per heavy atom. The van der Waals surface area contributed by atoms with Gasteiger partial charge in [-0.05, 0) is 29.8 Å². The Morgan fingerprint density at radius 1 is 1.17 bits per heavy atom. The second-order valence-electron chi connectivity index (χ2n) is 8.42. The van der Waals surface area contributed by atoms with Crippen LogP contribution in [0.5, 0.6) is 5.75 Å². The van der Waals surface area contributed by atoms with Crippen LogP contribution < -0.4 is 4.74 Å². The summed E-state index contributed by atoms with van der Waals surface area (Å²) < 4.78 is 10.8. The average Bonchev–Trinajstić information content (AvgIpc) is 3.16. The lowest BCUT2D eigenvalue weighted by atomic mass is 9.95. The van der Waals surface area contributed by atoms with Gasteiger partial charge in [0.05, 0.1) is 29.8 Å². The molecule has 0 unspecified atom stereocenters. The molecule has 2 aliphatic heterocycles. The topological polar surface area (TPSA) is 122 Å². The highest BCUT2D eigenvalue weighted by Gasteiger charge is 2.46. The van der Waals surface area contributed by atoms with Crippen LogP contribution >= 0.6 is 0 Å². The summed E-state index contributed by atoms with van der Waals surface area (Å²) in [6.45, 7) is 7.18. The van der Waals surface area contributed by atoms with E-state index in [1.807, 2.05) is 0 Å². The summed E-state index contributed by atoms with van der Waals surface area (Å²) in [7, 11) is 0. The lowest BCUT2D eigenvalue weighted by molar-refractivity contribution is -0.384. The van der Waals surface area contributed by atoms with Crippen LogP contribution in [0.4, 0.5) is 5.69 Å². The number of nitro benzene ring substituents is 1. The van der Waals surface area contributed by atoms with Crippen LogP contribution in [0, 0.1) is 10.1 Å². The van der Waals surface area contributed by atoms with Gasteiger partial charge in [0, 0.05) is 43.9 Å². The van der Waals surface area contributed by atoms with E-state index in [0.29, 0.717) is 56.3 Å². The van der Waals surface area contributed by atoms with Crippen molar-refractivity contribution < 1.29 is 29.1 Å². The van der Waals surface area contributed by atoms with Crippen LogP contribution in [0.1, 0.15) is 17.2 Å². The first-order valence-electron chi connectivity index (χ1n) is 11.6. The maximum atomic E-state index is 13.2. The summed E-state index contributed by atoms with van der Waals surface area (Å²) in [4.78, 5) is 40.7. The number of ether oxygens (including phenoxy) is 2. The zero-order valence-electron chi connectivity index (χ0n) is 19.7. The highest BCUT2D eigenvalue weighted by atomic mass is 16.6. The number of rotatable bonds is 9. The smallest absolute Gasteiger partial charge is 0.295 e. The highest BCUT2D eigenvalue weighted by Crippen LogP contribution is 2.40. The van der Waals surface area contributed by atoms with Gasteiger partial charge in [-0.3, -0.25) is 24.6 Å². The van der Waals surface area contributed by atoms with Crippen LogP contribution in [-0.4, -0.2) is 77.5 Å². The molecule has 0 aromatic heterocycles. The molecule has 0 bridgehead atoms. The maximum Gasteiger partial charge on any atom is 0.295 e. The molecule has 10 heteroatoms. The van der Waals surface area contributed by atoms with Crippen molar-refractivity contribution in [2.45, 2.75) is 6.04 Å². The van der Waals surface area contributed by atoms with Gasteiger partial charge in [0.1, 0.15) is 18.1 Å². The molecule has 0 radical (unpaired) electrons. The Morgan fingerprint density at radius 3 is 2.56 bits per heavy atom. The first-order chi connectivity index (χ1) is 17.4. The molecule has 1 N–H and O–H groups in total. The van der Waals surface area contributed by atoms with Crippen LogP contribution in [0.15, 0.2) is 66.8 Å². The van der Waals surface area contributed by atoms with Crippen molar-refractivity contribution in [2.75, 3.05) is 46.0 Å². The standard InChI is InChI=1S/C26H27N3O7/c1-2-14-36-21-8-6-18(7-9-21)24(30)22-23(19-4-3-5-20(17-19)29(33)34)28(26(32)25(22)31)11-10-27-12-15-35-16-13-27/h2-9,17,23,30H,1,10-16H2/t23-/m0/s1. The molecule has 0 spiro atoms. The summed E-state index contributed by atoms with van der Waals surface area (Å²) in [6, 6.07) is 11.3. The molecule has 0 aliphatic carbocycles. The molecule has 36 heavy (non-hydrogen) atoms. The number of benzene rings is 2. The van der Waals surface area contributed by atoms with E-state index in [1.165, 1.54) is 23.1 Å². The van der Waals surface area contributed by atoms with Crippen molar-refractivity contribution in [3.05, 3.63) is 88.0 Å². The summed E-state index contributed by atoms with van der Waals surface area (Å²) in [5, 5.41) is 22.6. The van der Waals surface area contributed by atoms with Crippen molar-refractivity contribution in [1.29, 1.82) is 0 Å². The van der Waals surface area contributed by atoms with Gasteiger partial charge in [-0.1, -0.05) is 24.8 Å². The molecule has 4 rings (SSSR count). The van der Waals surface area contributed by atoms with Gasteiger partial charge in [-0.15, -0.1) is 0 Å². The molecule has 0 saturated carbocycles. The minimum Gasteiger partial charge on any atom is -0.507 e. The molecule has 2 saturated heterocycles. The van der Waals surface area contributed by atoms with Gasteiger partial charge in [-0.25, -0.2) is 0 Å². The van der Waals surface area contributed by atoms with Gasteiger partial charge in [0.15, 0.2) is 0 Å². The Bertz CT molecular complexity index is 1190. The maximum absolute atomic E-state index is 13.2. The normalized spacial score (nSPS) is 19.9. The number of hydrogen-bond acceptors (Lipinski definition) is 8. The second-order valence-corrected chi connectivity index (χ2v) is 8.42. The van der Waals surface area contributed by atoms with Gasteiger partial charge in [-0.2, -0.15) is 0 Å². The number of amides is 1. The third-order valence-corrected chi connectivity index (χ3v) is 6.19. The number of nitro groups is 1. The van der Waals surface area contributed by atoms with E-state index in [9.17, 15) is 24.8 Å². The monoisotopic (exact) mass is 493 g/mol. The number of ketones is 1. The number of carbonyl (C=O) groups excluding carboxylic acids is 2. The van der Waals surface area contributed by atoms with Crippen molar-refractivity contribution in [2.24, 2.45) is 0 Å². The number of non-ortho nitro benzene ring substituents is 1. The number of carbonyl (C=O) groups is 2. The van der Waals surface area contributed by atoms with Gasteiger partial charge in [0.2, 0.25) is 0 Å². The number of morpholine rings is 1. The second kappa shape index (κ2) is 11.1. The van der Waals surface area contributed by atoms with Crippen LogP contribution in [0.2, 0.25) is 0 Å². The fourth-order valence-corrected chi connectivity index (χ4v) is 4.36. The average molecular weight is 494 g/mol. The third kappa shape index (κ3) is 5.29. The molecule has 2 heterocycles. The molecule has 10 nitrogen and oxygen atoms in total. The molecular formula is C26H27N3O7. The molecule has 1 atom stereocenters. The number of aliphatic hydroxyl groups is 1. The summed E-state index contributed by atoms with van der Waals surface area (Å²) in [6.07, 6.45) is 1.60. The highest BCUT2D eigenvalue weighted by molar-refractivity contribution is 6.46. The van der Waals surface area contributed by atoms with E-state index in [4.69, 9.17) is 9.47 Å². The van der Waals surface area contributed by atoms with E-state index >= 15 is 0 Å². The van der Waals surface area contributed by atoms with E-state index in [1.54, 1.807) is 36.4 Å². The van der Waals surface area contributed by atoms with Crippen molar-refractivity contribution in [1.82, 2.24) is 9.80 Å². The quantitative estimate of drug-likeness (QED) is 0.141. The van der Waals surface area contributed by atoms with E-state index in [0.717, 1.165) is 0 Å². The van der Waals surface area contributed by atoms with Crippen LogP contribution in [0.25, 0.3) is 5.76 Å².